The van der Waals surface area contributed by atoms with E-state index in [1.54, 1.807) is 0 Å². The van der Waals surface area contributed by atoms with E-state index in [9.17, 15) is 0 Å². The first-order valence-corrected chi connectivity index (χ1v) is 0. The Hall–Kier alpha value is 3.94. The van der Waals surface area contributed by atoms with E-state index in [2.05, 4.69) is 0 Å². The van der Waals surface area contributed by atoms with Crippen LogP contribution in [0.1, 0.15) is 0 Å². The molecule has 0 unspecified atom stereocenters. The van der Waals surface area contributed by atoms with Crippen molar-refractivity contribution < 1.29 is 116 Å². The molecule has 0 aromatic heterocycles. The second-order valence-electron chi connectivity index (χ2n) is 0. The average Bonchev–Trinajstić information content (AvgIpc) is 0. The van der Waals surface area contributed by atoms with Crippen LogP contribution in [0.3, 0.4) is 0 Å². The zero-order valence-electron chi connectivity index (χ0n) is 1.11. The molecule has 0 nitrogen and oxygen atoms in total. The van der Waals surface area contributed by atoms with E-state index in [1.165, 1.54) is 0 Å². The van der Waals surface area contributed by atoms with Crippen molar-refractivity contribution in [2.75, 3.05) is 0 Å². The molecule has 0 fully saturated rings. The van der Waals surface area contributed by atoms with Crippen molar-refractivity contribution in [1.29, 1.82) is 0 Å². The van der Waals surface area contributed by atoms with Crippen molar-refractivity contribution in [3.8, 4) is 0 Å². The maximum absolute atomic E-state index is 0. The third kappa shape index (κ3) is 9.33. The SMILES string of the molecule is B.[Nd].[Tb].[Tm]. The van der Waals surface area contributed by atoms with Gasteiger partial charge in [0, 0.05) is 116 Å². The van der Waals surface area contributed by atoms with Crippen LogP contribution in [-0.2, 0) is 0 Å². The van der Waals surface area contributed by atoms with Crippen molar-refractivity contribution >= 4 is 8.41 Å². The van der Waals surface area contributed by atoms with Crippen molar-refractivity contribution in [1.82, 2.24) is 0 Å². The third-order valence-corrected chi connectivity index (χ3v) is 0. The quantitative estimate of drug-likeness (QED) is 0.379. The van der Waals surface area contributed by atoms with E-state index >= 15 is 0 Å². The molecule has 0 saturated heterocycles. The Morgan fingerprint density at radius 2 is 1.00 bits per heavy atom. The average molecular weight is 486 g/mol. The molecule has 0 amide bonds. The molecule has 0 aromatic carbocycles. The Morgan fingerprint density at radius 1 is 1.00 bits per heavy atom. The molecule has 0 aliphatic rings. The molecule has 32 valence electrons. The summed E-state index contributed by atoms with van der Waals surface area (Å²) in [5, 5.41) is 0. The summed E-state index contributed by atoms with van der Waals surface area (Å²) < 4.78 is 0. The van der Waals surface area contributed by atoms with Crippen molar-refractivity contribution in [2.24, 2.45) is 0 Å². The standard InChI is InChI=1S/BH3.Nd.Tb.Tm/h1H3;;;. The monoisotopic (exact) mass is 484 g/mol. The number of rotatable bonds is 0. The fourth-order valence-corrected chi connectivity index (χ4v) is 0. The summed E-state index contributed by atoms with van der Waals surface area (Å²) in [5.41, 5.74) is 0. The fraction of sp³-hybridized carbons (Fsp3) is 0. The van der Waals surface area contributed by atoms with Crippen LogP contribution in [0.25, 0.3) is 0 Å². The third-order valence-electron chi connectivity index (χ3n) is 0. The Labute approximate surface area is 121 Å². The molecule has 4 heteroatoms. The first-order valence-electron chi connectivity index (χ1n) is 0. The van der Waals surface area contributed by atoms with Gasteiger partial charge in [-0.15, -0.1) is 0 Å². The normalized spacial score (nSPS) is 0. The van der Waals surface area contributed by atoms with Crippen LogP contribution in [0.4, 0.5) is 0 Å². The van der Waals surface area contributed by atoms with Gasteiger partial charge in [0.25, 0.3) is 0 Å². The topological polar surface area (TPSA) is 0 Å². The zero-order valence-corrected chi connectivity index (χ0v) is 8.24. The van der Waals surface area contributed by atoms with Gasteiger partial charge in [-0.2, -0.15) is 0 Å². The molecule has 0 saturated carbocycles. The van der Waals surface area contributed by atoms with Gasteiger partial charge in [-0.1, -0.05) is 0 Å². The van der Waals surface area contributed by atoms with Gasteiger partial charge >= 0.3 is 0 Å². The summed E-state index contributed by atoms with van der Waals surface area (Å²) >= 11 is 0. The Kier molecular flexibility index (Phi) is 97.2. The van der Waals surface area contributed by atoms with Gasteiger partial charge < -0.3 is 0 Å². The second kappa shape index (κ2) is 15.8. The summed E-state index contributed by atoms with van der Waals surface area (Å²) in [7, 11) is 0. The van der Waals surface area contributed by atoms with Crippen molar-refractivity contribution in [3.63, 3.8) is 0 Å². The molecular weight excluding hydrogens is 483 g/mol. The van der Waals surface area contributed by atoms with E-state index in [4.69, 9.17) is 0 Å². The van der Waals surface area contributed by atoms with Gasteiger partial charge in [0.05, 0.1) is 8.41 Å². The van der Waals surface area contributed by atoms with Crippen LogP contribution in [0.2, 0.25) is 0 Å². The molecule has 0 aliphatic carbocycles. The molecular formula is H3BNdTbTm. The molecule has 0 bridgehead atoms. The first kappa shape index (κ1) is 24.6. The zero-order chi connectivity index (χ0) is 0. The molecule has 0 rings (SSSR count). The molecule has 2 radical (unpaired) electrons. The molecule has 0 atom stereocenters. The minimum Gasteiger partial charge on any atom is 0 e. The minimum absolute atomic E-state index is 0. The van der Waals surface area contributed by atoms with Gasteiger partial charge in [-0.3, -0.25) is 0 Å². The van der Waals surface area contributed by atoms with E-state index in [1.807, 2.05) is 0 Å². The van der Waals surface area contributed by atoms with Crippen LogP contribution in [0.15, 0.2) is 0 Å². The molecule has 0 aliphatic heterocycles. The van der Waals surface area contributed by atoms with Gasteiger partial charge in [0.15, 0.2) is 0 Å². The van der Waals surface area contributed by atoms with Gasteiger partial charge in [-0.05, 0) is 0 Å². The maximum atomic E-state index is 0. The maximum Gasteiger partial charge on any atom is 0.0814 e. The summed E-state index contributed by atoms with van der Waals surface area (Å²) in [5.74, 6) is 0. The fourth-order valence-electron chi connectivity index (χ4n) is 0. The summed E-state index contributed by atoms with van der Waals surface area (Å²) in [6.07, 6.45) is 0. The predicted molar refractivity (Wildman–Crippen MR) is 9.94 cm³/mol. The molecule has 4 heavy (non-hydrogen) atoms. The predicted octanol–water partition coefficient (Wildman–Crippen LogP) is -1.18. The number of hydrogen-bond donors (Lipinski definition) is 0. The first-order chi connectivity index (χ1) is 0. The van der Waals surface area contributed by atoms with Crippen LogP contribution in [-0.4, -0.2) is 8.41 Å². The van der Waals surface area contributed by atoms with Gasteiger partial charge in [0.1, 0.15) is 0 Å². The molecule has 0 N–H and O–H groups in total. The second-order valence-corrected chi connectivity index (χ2v) is 0. The van der Waals surface area contributed by atoms with Crippen LogP contribution in [0, 0.1) is 116 Å². The van der Waals surface area contributed by atoms with Crippen molar-refractivity contribution in [2.45, 2.75) is 0 Å². The summed E-state index contributed by atoms with van der Waals surface area (Å²) in [4.78, 5) is 0. The van der Waals surface area contributed by atoms with Crippen LogP contribution < -0.4 is 0 Å². The van der Waals surface area contributed by atoms with Crippen LogP contribution >= 0.6 is 0 Å². The van der Waals surface area contributed by atoms with E-state index in [-0.39, 0.29) is 125 Å². The number of hydrogen-bond acceptors (Lipinski definition) is 0. The van der Waals surface area contributed by atoms with E-state index in [0.29, 0.717) is 0 Å². The van der Waals surface area contributed by atoms with Crippen molar-refractivity contribution in [3.05, 3.63) is 0 Å². The minimum atomic E-state index is 0. The molecule has 0 heterocycles. The van der Waals surface area contributed by atoms with Crippen LogP contribution in [0.5, 0.6) is 0 Å². The summed E-state index contributed by atoms with van der Waals surface area (Å²) in [6.45, 7) is 0. The molecule has 0 aromatic rings. The largest absolute Gasteiger partial charge is 0.0814 e. The Morgan fingerprint density at radius 3 is 1.00 bits per heavy atom. The Balaban J connectivity index is 0. The molecule has 0 spiro atoms. The smallest absolute Gasteiger partial charge is 0 e. The van der Waals surface area contributed by atoms with E-state index < -0.39 is 0 Å². The van der Waals surface area contributed by atoms with Gasteiger partial charge in [0.2, 0.25) is 0 Å². The van der Waals surface area contributed by atoms with Gasteiger partial charge in [-0.25, -0.2) is 0 Å². The van der Waals surface area contributed by atoms with E-state index in [0.717, 1.165) is 0 Å². The summed E-state index contributed by atoms with van der Waals surface area (Å²) in [6, 6.07) is 0. The Bertz CT molecular complexity index is 8.00.